The molecule has 2 aromatic heterocycles. The monoisotopic (exact) mass is 567 g/mol. The molecule has 7 aromatic carbocycles. The summed E-state index contributed by atoms with van der Waals surface area (Å²) >= 11 is 1.86. The zero-order valence-electron chi connectivity index (χ0n) is 23.2. The van der Waals surface area contributed by atoms with Crippen LogP contribution in [0.15, 0.2) is 156 Å². The van der Waals surface area contributed by atoms with Crippen molar-refractivity contribution in [1.29, 1.82) is 0 Å². The second kappa shape index (κ2) is 9.59. The zero-order chi connectivity index (χ0) is 28.3. The Morgan fingerprint density at radius 1 is 0.442 bits per heavy atom. The number of para-hydroxylation sites is 2. The molecule has 2 heterocycles. The highest BCUT2D eigenvalue weighted by Crippen LogP contribution is 2.46. The number of anilines is 3. The molecule has 0 aliphatic carbocycles. The normalized spacial score (nSPS) is 11.7. The Balaban J connectivity index is 1.35. The summed E-state index contributed by atoms with van der Waals surface area (Å²) in [7, 11) is 0. The molecule has 0 unspecified atom stereocenters. The van der Waals surface area contributed by atoms with Gasteiger partial charge in [0.15, 0.2) is 0 Å². The predicted octanol–water partition coefficient (Wildman–Crippen LogP) is 12.2. The van der Waals surface area contributed by atoms with Crippen LogP contribution in [0, 0.1) is 0 Å². The maximum absolute atomic E-state index is 6.39. The van der Waals surface area contributed by atoms with Gasteiger partial charge in [-0.1, -0.05) is 97.1 Å². The second-order valence-corrected chi connectivity index (χ2v) is 12.0. The molecular weight excluding hydrogens is 543 g/mol. The van der Waals surface area contributed by atoms with Gasteiger partial charge in [-0.05, 0) is 59.5 Å². The van der Waals surface area contributed by atoms with Crippen LogP contribution in [0.25, 0.3) is 64.0 Å². The first kappa shape index (κ1) is 24.2. The van der Waals surface area contributed by atoms with Crippen LogP contribution in [0.2, 0.25) is 0 Å². The summed E-state index contributed by atoms with van der Waals surface area (Å²) in [6, 6.07) is 54.3. The molecule has 0 spiro atoms. The maximum atomic E-state index is 6.39. The molecule has 9 rings (SSSR count). The number of hydrogen-bond donors (Lipinski definition) is 0. The first-order chi connectivity index (χ1) is 21.3. The molecule has 0 atom stereocenters. The number of rotatable bonds is 4. The molecule has 43 heavy (non-hydrogen) atoms. The molecule has 0 radical (unpaired) electrons. The van der Waals surface area contributed by atoms with Gasteiger partial charge in [0.1, 0.15) is 11.2 Å². The Hall–Kier alpha value is -5.38. The van der Waals surface area contributed by atoms with Gasteiger partial charge in [-0.25, -0.2) is 0 Å². The summed E-state index contributed by atoms with van der Waals surface area (Å²) in [6.07, 6.45) is 0. The van der Waals surface area contributed by atoms with E-state index in [0.29, 0.717) is 0 Å². The summed E-state index contributed by atoms with van der Waals surface area (Å²) < 4.78 is 9.01. The minimum atomic E-state index is 0.882. The van der Waals surface area contributed by atoms with Crippen LogP contribution in [-0.2, 0) is 0 Å². The molecule has 0 fully saturated rings. The Kier molecular flexibility index (Phi) is 5.40. The Morgan fingerprint density at radius 3 is 2.12 bits per heavy atom. The lowest BCUT2D eigenvalue weighted by Crippen LogP contribution is -2.11. The Morgan fingerprint density at radius 2 is 1.19 bits per heavy atom. The predicted molar refractivity (Wildman–Crippen MR) is 184 cm³/mol. The van der Waals surface area contributed by atoms with E-state index in [1.807, 2.05) is 23.5 Å². The van der Waals surface area contributed by atoms with Crippen molar-refractivity contribution in [2.24, 2.45) is 0 Å². The van der Waals surface area contributed by atoms with Gasteiger partial charge in [-0.3, -0.25) is 0 Å². The number of thiophene rings is 1. The molecule has 0 saturated heterocycles. The van der Waals surface area contributed by atoms with Gasteiger partial charge in [0, 0.05) is 53.6 Å². The van der Waals surface area contributed by atoms with Gasteiger partial charge in [-0.2, -0.15) is 0 Å². The van der Waals surface area contributed by atoms with Crippen LogP contribution in [0.1, 0.15) is 0 Å². The number of furan rings is 1. The third-order valence-electron chi connectivity index (χ3n) is 8.45. The van der Waals surface area contributed by atoms with Crippen LogP contribution in [0.3, 0.4) is 0 Å². The molecule has 0 bridgehead atoms. The van der Waals surface area contributed by atoms with E-state index in [1.165, 1.54) is 42.1 Å². The molecular formula is C40H25NOS. The molecule has 2 nitrogen and oxygen atoms in total. The quantitative estimate of drug-likeness (QED) is 0.210. The average molecular weight is 568 g/mol. The van der Waals surface area contributed by atoms with Crippen LogP contribution in [0.5, 0.6) is 0 Å². The van der Waals surface area contributed by atoms with Gasteiger partial charge in [0.25, 0.3) is 0 Å². The first-order valence-corrected chi connectivity index (χ1v) is 15.3. The standard InChI is InChI=1S/C40H25NOS/c1-2-11-26(12-3-1)29-14-4-7-17-35(29)41(28-21-22-31-30-15-5-8-19-37(30)42-38(31)24-28)36-18-10-13-27-23-40-34(25-33(27)36)32-16-6-9-20-39(32)43-40/h1-25H. The average Bonchev–Trinajstić information content (AvgIpc) is 3.62. The summed E-state index contributed by atoms with van der Waals surface area (Å²) in [4.78, 5) is 2.40. The van der Waals surface area contributed by atoms with Gasteiger partial charge >= 0.3 is 0 Å². The van der Waals surface area contributed by atoms with E-state index in [9.17, 15) is 0 Å². The first-order valence-electron chi connectivity index (χ1n) is 14.5. The number of hydrogen-bond acceptors (Lipinski definition) is 3. The van der Waals surface area contributed by atoms with Crippen molar-refractivity contribution in [1.82, 2.24) is 0 Å². The molecule has 0 N–H and O–H groups in total. The van der Waals surface area contributed by atoms with Crippen molar-refractivity contribution in [2.75, 3.05) is 4.90 Å². The van der Waals surface area contributed by atoms with E-state index >= 15 is 0 Å². The SMILES string of the molecule is c1ccc(-c2ccccc2N(c2ccc3c(c2)oc2ccccc23)c2cccc3cc4sc5ccccc5c4cc23)cc1. The number of fused-ring (bicyclic) bond motifs is 7. The van der Waals surface area contributed by atoms with E-state index in [2.05, 4.69) is 144 Å². The molecule has 9 aromatic rings. The zero-order valence-corrected chi connectivity index (χ0v) is 24.0. The molecule has 202 valence electrons. The Bertz CT molecular complexity index is 2470. The minimum Gasteiger partial charge on any atom is -0.456 e. The Labute approximate surface area is 252 Å². The maximum Gasteiger partial charge on any atom is 0.137 e. The van der Waals surface area contributed by atoms with Gasteiger partial charge in [-0.15, -0.1) is 11.3 Å². The van der Waals surface area contributed by atoms with Crippen molar-refractivity contribution in [3.63, 3.8) is 0 Å². The van der Waals surface area contributed by atoms with Crippen molar-refractivity contribution in [3.05, 3.63) is 152 Å². The molecule has 0 saturated carbocycles. The highest BCUT2D eigenvalue weighted by molar-refractivity contribution is 7.25. The van der Waals surface area contributed by atoms with E-state index in [4.69, 9.17) is 4.42 Å². The van der Waals surface area contributed by atoms with Crippen LogP contribution >= 0.6 is 11.3 Å². The van der Waals surface area contributed by atoms with E-state index in [0.717, 1.165) is 39.0 Å². The fourth-order valence-corrected chi connectivity index (χ4v) is 7.60. The fourth-order valence-electron chi connectivity index (χ4n) is 6.47. The van der Waals surface area contributed by atoms with Crippen LogP contribution in [0.4, 0.5) is 17.1 Å². The largest absolute Gasteiger partial charge is 0.456 e. The van der Waals surface area contributed by atoms with Crippen molar-refractivity contribution < 1.29 is 4.42 Å². The van der Waals surface area contributed by atoms with Crippen molar-refractivity contribution in [2.45, 2.75) is 0 Å². The lowest BCUT2D eigenvalue weighted by atomic mass is 9.99. The van der Waals surface area contributed by atoms with Gasteiger partial charge in [0.2, 0.25) is 0 Å². The molecule has 0 aliphatic rings. The van der Waals surface area contributed by atoms with E-state index in [1.54, 1.807) is 0 Å². The third-order valence-corrected chi connectivity index (χ3v) is 9.58. The summed E-state index contributed by atoms with van der Waals surface area (Å²) in [6.45, 7) is 0. The molecule has 0 aliphatic heterocycles. The van der Waals surface area contributed by atoms with Gasteiger partial charge in [0.05, 0.1) is 11.4 Å². The topological polar surface area (TPSA) is 16.4 Å². The van der Waals surface area contributed by atoms with E-state index < -0.39 is 0 Å². The van der Waals surface area contributed by atoms with Crippen molar-refractivity contribution in [3.8, 4) is 11.1 Å². The van der Waals surface area contributed by atoms with E-state index in [-0.39, 0.29) is 0 Å². The smallest absolute Gasteiger partial charge is 0.137 e. The highest BCUT2D eigenvalue weighted by atomic mass is 32.1. The van der Waals surface area contributed by atoms with Gasteiger partial charge < -0.3 is 9.32 Å². The van der Waals surface area contributed by atoms with Crippen LogP contribution < -0.4 is 4.90 Å². The lowest BCUT2D eigenvalue weighted by molar-refractivity contribution is 0.669. The third kappa shape index (κ3) is 3.86. The number of nitrogens with zero attached hydrogens (tertiary/aromatic N) is 1. The fraction of sp³-hybridized carbons (Fsp3) is 0. The summed E-state index contributed by atoms with van der Waals surface area (Å²) in [5.41, 5.74) is 7.44. The summed E-state index contributed by atoms with van der Waals surface area (Å²) in [5.74, 6) is 0. The second-order valence-electron chi connectivity index (χ2n) is 10.9. The minimum absolute atomic E-state index is 0.882. The number of benzene rings is 7. The van der Waals surface area contributed by atoms with Crippen LogP contribution in [-0.4, -0.2) is 0 Å². The van der Waals surface area contributed by atoms with Crippen molar-refractivity contribution >= 4 is 81.3 Å². The summed E-state index contributed by atoms with van der Waals surface area (Å²) in [5, 5.41) is 7.30. The molecule has 0 amide bonds. The lowest BCUT2D eigenvalue weighted by Gasteiger charge is -2.29. The highest BCUT2D eigenvalue weighted by Gasteiger charge is 2.21. The molecule has 3 heteroatoms.